The smallest absolute Gasteiger partial charge is 0.255 e. The molecule has 2 amide bonds. The number of likely N-dealkylation sites (N-methyl/N-ethyl adjacent to an activating group) is 1. The highest BCUT2D eigenvalue weighted by molar-refractivity contribution is 6.05. The topological polar surface area (TPSA) is 88.5 Å². The molecule has 190 valence electrons. The second-order valence-electron chi connectivity index (χ2n) is 8.85. The first kappa shape index (κ1) is 25.7. The van der Waals surface area contributed by atoms with Crippen LogP contribution in [0.2, 0.25) is 0 Å². The second kappa shape index (κ2) is 11.5. The van der Waals surface area contributed by atoms with Crippen LogP contribution in [0, 0.1) is 13.8 Å². The number of ether oxygens (including phenoxy) is 1. The predicted octanol–water partition coefficient (Wildman–Crippen LogP) is 4.82. The summed E-state index contributed by atoms with van der Waals surface area (Å²) in [5.74, 6) is 0.185. The summed E-state index contributed by atoms with van der Waals surface area (Å²) in [5, 5.41) is 10.4. The van der Waals surface area contributed by atoms with E-state index in [0.29, 0.717) is 29.2 Å². The fourth-order valence-electron chi connectivity index (χ4n) is 4.14. The number of anilines is 2. The first-order valence-corrected chi connectivity index (χ1v) is 12.0. The maximum atomic E-state index is 12.7. The maximum absolute atomic E-state index is 12.7. The Balaban J connectivity index is 1.33. The van der Waals surface area contributed by atoms with Crippen LogP contribution in [0.25, 0.3) is 5.69 Å². The van der Waals surface area contributed by atoms with Crippen molar-refractivity contribution in [2.75, 3.05) is 31.3 Å². The molecule has 0 saturated heterocycles. The van der Waals surface area contributed by atoms with Crippen LogP contribution in [0.3, 0.4) is 0 Å². The molecule has 0 radical (unpaired) electrons. The zero-order valence-electron chi connectivity index (χ0n) is 21.5. The van der Waals surface area contributed by atoms with Gasteiger partial charge in [0.2, 0.25) is 5.91 Å². The molecule has 0 atom stereocenters. The van der Waals surface area contributed by atoms with E-state index >= 15 is 0 Å². The highest BCUT2D eigenvalue weighted by atomic mass is 16.5. The van der Waals surface area contributed by atoms with Crippen molar-refractivity contribution in [1.82, 2.24) is 14.7 Å². The molecular weight excluding hydrogens is 466 g/mol. The van der Waals surface area contributed by atoms with E-state index in [1.165, 1.54) is 0 Å². The molecule has 0 fully saturated rings. The van der Waals surface area contributed by atoms with Crippen molar-refractivity contribution in [2.45, 2.75) is 20.4 Å². The van der Waals surface area contributed by atoms with Gasteiger partial charge in [0, 0.05) is 29.1 Å². The summed E-state index contributed by atoms with van der Waals surface area (Å²) >= 11 is 0. The van der Waals surface area contributed by atoms with Crippen LogP contribution in [-0.4, -0.2) is 47.2 Å². The fourth-order valence-corrected chi connectivity index (χ4v) is 4.14. The lowest BCUT2D eigenvalue weighted by atomic mass is 10.1. The van der Waals surface area contributed by atoms with Crippen molar-refractivity contribution in [2.24, 2.45) is 0 Å². The normalized spacial score (nSPS) is 10.8. The van der Waals surface area contributed by atoms with E-state index in [0.717, 1.165) is 22.6 Å². The summed E-state index contributed by atoms with van der Waals surface area (Å²) < 4.78 is 7.21. The predicted molar refractivity (Wildman–Crippen MR) is 145 cm³/mol. The van der Waals surface area contributed by atoms with Gasteiger partial charge in [-0.05, 0) is 69.4 Å². The molecule has 1 aromatic heterocycles. The van der Waals surface area contributed by atoms with E-state index in [1.54, 1.807) is 43.5 Å². The van der Waals surface area contributed by atoms with Gasteiger partial charge in [-0.2, -0.15) is 5.10 Å². The number of hydrogen-bond acceptors (Lipinski definition) is 5. The van der Waals surface area contributed by atoms with Gasteiger partial charge in [-0.25, -0.2) is 4.68 Å². The van der Waals surface area contributed by atoms with Gasteiger partial charge < -0.3 is 15.4 Å². The van der Waals surface area contributed by atoms with Gasteiger partial charge in [-0.1, -0.05) is 30.3 Å². The average molecular weight is 498 g/mol. The number of carbonyl (C=O) groups excluding carboxylic acids is 2. The lowest BCUT2D eigenvalue weighted by Crippen LogP contribution is -2.30. The highest BCUT2D eigenvalue weighted by Crippen LogP contribution is 2.24. The molecule has 4 aromatic rings. The lowest BCUT2D eigenvalue weighted by Gasteiger charge is -2.17. The zero-order chi connectivity index (χ0) is 26.4. The summed E-state index contributed by atoms with van der Waals surface area (Å²) in [6.45, 7) is 4.84. The Labute approximate surface area is 216 Å². The van der Waals surface area contributed by atoms with Gasteiger partial charge in [-0.15, -0.1) is 0 Å². The molecule has 2 N–H and O–H groups in total. The van der Waals surface area contributed by atoms with E-state index in [1.807, 2.05) is 72.9 Å². The van der Waals surface area contributed by atoms with Gasteiger partial charge >= 0.3 is 0 Å². The van der Waals surface area contributed by atoms with Gasteiger partial charge in [0.1, 0.15) is 5.75 Å². The second-order valence-corrected chi connectivity index (χ2v) is 8.85. The van der Waals surface area contributed by atoms with Crippen LogP contribution in [0.15, 0.2) is 78.9 Å². The van der Waals surface area contributed by atoms with E-state index in [4.69, 9.17) is 4.74 Å². The molecule has 8 heteroatoms. The molecule has 0 bridgehead atoms. The van der Waals surface area contributed by atoms with Crippen LogP contribution in [0.5, 0.6) is 5.75 Å². The Morgan fingerprint density at radius 1 is 0.919 bits per heavy atom. The van der Waals surface area contributed by atoms with E-state index in [9.17, 15) is 9.59 Å². The number of carbonyl (C=O) groups is 2. The molecule has 0 spiro atoms. The van der Waals surface area contributed by atoms with E-state index < -0.39 is 0 Å². The Hall–Kier alpha value is -4.43. The number of nitrogens with zero attached hydrogens (tertiary/aromatic N) is 3. The Morgan fingerprint density at radius 3 is 2.30 bits per heavy atom. The van der Waals surface area contributed by atoms with Gasteiger partial charge in [0.15, 0.2) is 0 Å². The number of aryl methyl sites for hydroxylation is 1. The van der Waals surface area contributed by atoms with Crippen molar-refractivity contribution in [3.8, 4) is 11.4 Å². The third-order valence-corrected chi connectivity index (χ3v) is 6.07. The summed E-state index contributed by atoms with van der Waals surface area (Å²) in [5.41, 5.74) is 5.79. The Kier molecular flexibility index (Phi) is 8.00. The molecule has 8 nitrogen and oxygen atoms in total. The van der Waals surface area contributed by atoms with Gasteiger partial charge in [0.05, 0.1) is 30.7 Å². The summed E-state index contributed by atoms with van der Waals surface area (Å²) in [6, 6.07) is 24.0. The SMILES string of the molecule is COc1ccccc1NC(=O)c1ccc(NC(=O)CN(C)Cc2c(C)nn(-c3ccccc3)c2C)cc1. The molecule has 0 aliphatic heterocycles. The number of rotatable bonds is 9. The van der Waals surface area contributed by atoms with Gasteiger partial charge in [-0.3, -0.25) is 14.5 Å². The minimum Gasteiger partial charge on any atom is -0.495 e. The standard InChI is InChI=1S/C29H31N5O3/c1-20-25(21(2)34(32-20)24-10-6-5-7-11-24)18-33(3)19-28(35)30-23-16-14-22(15-17-23)29(36)31-26-12-8-9-13-27(26)37-4/h5-17H,18-19H2,1-4H3,(H,30,35)(H,31,36). The first-order chi connectivity index (χ1) is 17.9. The molecule has 0 saturated carbocycles. The summed E-state index contributed by atoms with van der Waals surface area (Å²) in [6.07, 6.45) is 0. The van der Waals surface area contributed by atoms with E-state index in [2.05, 4.69) is 15.7 Å². The number of amides is 2. The van der Waals surface area contributed by atoms with Crippen molar-refractivity contribution in [3.05, 3.63) is 101 Å². The molecule has 0 aliphatic rings. The zero-order valence-corrected chi connectivity index (χ0v) is 21.5. The van der Waals surface area contributed by atoms with Gasteiger partial charge in [0.25, 0.3) is 5.91 Å². The largest absolute Gasteiger partial charge is 0.495 e. The molecule has 4 rings (SSSR count). The Bertz CT molecular complexity index is 1380. The van der Waals surface area contributed by atoms with Crippen molar-refractivity contribution < 1.29 is 14.3 Å². The van der Waals surface area contributed by atoms with Crippen molar-refractivity contribution >= 4 is 23.2 Å². The summed E-state index contributed by atoms with van der Waals surface area (Å²) in [4.78, 5) is 27.2. The van der Waals surface area contributed by atoms with Crippen LogP contribution in [-0.2, 0) is 11.3 Å². The average Bonchev–Trinajstić information content (AvgIpc) is 3.18. The van der Waals surface area contributed by atoms with Crippen LogP contribution in [0.1, 0.15) is 27.3 Å². The van der Waals surface area contributed by atoms with Crippen molar-refractivity contribution in [3.63, 3.8) is 0 Å². The quantitative estimate of drug-likeness (QED) is 0.346. The number of aromatic nitrogens is 2. The number of para-hydroxylation sites is 3. The van der Waals surface area contributed by atoms with Crippen LogP contribution < -0.4 is 15.4 Å². The number of hydrogen-bond donors (Lipinski definition) is 2. The molecule has 37 heavy (non-hydrogen) atoms. The minimum atomic E-state index is -0.260. The summed E-state index contributed by atoms with van der Waals surface area (Å²) in [7, 11) is 3.46. The van der Waals surface area contributed by atoms with E-state index in [-0.39, 0.29) is 18.4 Å². The van der Waals surface area contributed by atoms with Crippen molar-refractivity contribution in [1.29, 1.82) is 0 Å². The Morgan fingerprint density at radius 2 is 1.59 bits per heavy atom. The first-order valence-electron chi connectivity index (χ1n) is 12.0. The third kappa shape index (κ3) is 6.23. The molecule has 3 aromatic carbocycles. The molecular formula is C29H31N5O3. The fraction of sp³-hybridized carbons (Fsp3) is 0.207. The maximum Gasteiger partial charge on any atom is 0.255 e. The highest BCUT2D eigenvalue weighted by Gasteiger charge is 2.16. The van der Waals surface area contributed by atoms with Crippen LogP contribution >= 0.6 is 0 Å². The van der Waals surface area contributed by atoms with Crippen LogP contribution in [0.4, 0.5) is 11.4 Å². The molecule has 0 aliphatic carbocycles. The minimum absolute atomic E-state index is 0.139. The number of nitrogens with one attached hydrogen (secondary N) is 2. The number of methoxy groups -OCH3 is 1. The monoisotopic (exact) mass is 497 g/mol. The number of benzene rings is 3. The third-order valence-electron chi connectivity index (χ3n) is 6.07. The molecule has 1 heterocycles. The molecule has 0 unspecified atom stereocenters. The lowest BCUT2D eigenvalue weighted by molar-refractivity contribution is -0.117.